The fourth-order valence-corrected chi connectivity index (χ4v) is 2.87. The largest absolute Gasteiger partial charge is 0.481 e. The third-order valence-corrected chi connectivity index (χ3v) is 4.79. The molecule has 0 bridgehead atoms. The summed E-state index contributed by atoms with van der Waals surface area (Å²) in [5, 5.41) is 17.5. The highest BCUT2D eigenvalue weighted by Crippen LogP contribution is 2.25. The first kappa shape index (κ1) is 18.6. The van der Waals surface area contributed by atoms with Crippen LogP contribution in [0.1, 0.15) is 32.4 Å². The maximum Gasteiger partial charge on any atom is 0.311 e. The van der Waals surface area contributed by atoms with Gasteiger partial charge in [-0.15, -0.1) is 0 Å². The highest BCUT2D eigenvalue weighted by Gasteiger charge is 2.35. The zero-order chi connectivity index (χ0) is 18.6. The van der Waals surface area contributed by atoms with Crippen molar-refractivity contribution in [2.24, 2.45) is 12.5 Å². The maximum absolute atomic E-state index is 12.3. The second kappa shape index (κ2) is 7.46. The van der Waals surface area contributed by atoms with Gasteiger partial charge in [-0.2, -0.15) is 5.10 Å². The lowest BCUT2D eigenvalue weighted by Gasteiger charge is -2.26. The lowest BCUT2D eigenvalue weighted by Crippen LogP contribution is -2.43. The molecule has 2 rings (SSSR count). The van der Waals surface area contributed by atoms with Crippen LogP contribution in [0.25, 0.3) is 10.8 Å². The van der Waals surface area contributed by atoms with Gasteiger partial charge in [0.05, 0.1) is 22.9 Å². The molecule has 0 fully saturated rings. The minimum atomic E-state index is -0.964. The SMILES string of the molecule is CCC(CC)(CNC(=O)Cc1nn(C)c(=O)c2ccccc12)C(=O)O. The molecule has 1 aromatic heterocycles. The Labute approximate surface area is 145 Å². The van der Waals surface area contributed by atoms with Crippen LogP contribution >= 0.6 is 0 Å². The van der Waals surface area contributed by atoms with Crippen molar-refractivity contribution in [3.05, 3.63) is 40.3 Å². The summed E-state index contributed by atoms with van der Waals surface area (Å²) in [5.74, 6) is -1.23. The number of rotatable bonds is 7. The van der Waals surface area contributed by atoms with E-state index in [1.807, 2.05) is 0 Å². The number of carbonyl (C=O) groups excluding carboxylic acids is 1. The average Bonchev–Trinajstić information content (AvgIpc) is 2.60. The third-order valence-electron chi connectivity index (χ3n) is 4.79. The van der Waals surface area contributed by atoms with E-state index in [4.69, 9.17) is 0 Å². The van der Waals surface area contributed by atoms with Crippen molar-refractivity contribution >= 4 is 22.6 Å². The molecule has 7 heteroatoms. The summed E-state index contributed by atoms with van der Waals surface area (Å²) >= 11 is 0. The molecule has 0 aliphatic rings. The van der Waals surface area contributed by atoms with Crippen LogP contribution in [0.5, 0.6) is 0 Å². The number of carboxylic acid groups (broad SMARTS) is 1. The molecule has 0 saturated heterocycles. The molecule has 0 spiro atoms. The Morgan fingerprint density at radius 2 is 1.80 bits per heavy atom. The van der Waals surface area contributed by atoms with Crippen LogP contribution < -0.4 is 10.9 Å². The van der Waals surface area contributed by atoms with Crippen LogP contribution in [-0.4, -0.2) is 33.3 Å². The van der Waals surface area contributed by atoms with E-state index >= 15 is 0 Å². The predicted molar refractivity (Wildman–Crippen MR) is 94.3 cm³/mol. The summed E-state index contributed by atoms with van der Waals surface area (Å²) in [6, 6.07) is 7.00. The van der Waals surface area contributed by atoms with E-state index in [1.54, 1.807) is 45.2 Å². The summed E-state index contributed by atoms with van der Waals surface area (Å²) in [7, 11) is 1.54. The molecule has 1 amide bonds. The number of benzene rings is 1. The van der Waals surface area contributed by atoms with Crippen LogP contribution in [-0.2, 0) is 23.1 Å². The van der Waals surface area contributed by atoms with Gasteiger partial charge in [0.1, 0.15) is 0 Å². The first-order valence-electron chi connectivity index (χ1n) is 8.29. The number of amides is 1. The molecule has 2 N–H and O–H groups in total. The van der Waals surface area contributed by atoms with Crippen LogP contribution in [0, 0.1) is 5.41 Å². The number of aliphatic carboxylic acids is 1. The van der Waals surface area contributed by atoms with Crippen LogP contribution in [0.15, 0.2) is 29.1 Å². The van der Waals surface area contributed by atoms with Crippen LogP contribution in [0.2, 0.25) is 0 Å². The summed E-state index contributed by atoms with van der Waals surface area (Å²) in [5.41, 5.74) is -0.694. The Morgan fingerprint density at radius 1 is 1.20 bits per heavy atom. The average molecular weight is 345 g/mol. The van der Waals surface area contributed by atoms with Gasteiger partial charge in [-0.25, -0.2) is 4.68 Å². The van der Waals surface area contributed by atoms with E-state index in [0.29, 0.717) is 29.3 Å². The van der Waals surface area contributed by atoms with Gasteiger partial charge in [-0.1, -0.05) is 32.0 Å². The summed E-state index contributed by atoms with van der Waals surface area (Å²) in [6.07, 6.45) is 0.845. The van der Waals surface area contributed by atoms with Crippen molar-refractivity contribution in [1.29, 1.82) is 0 Å². The molecule has 1 heterocycles. The topological polar surface area (TPSA) is 101 Å². The molecule has 0 atom stereocenters. The van der Waals surface area contributed by atoms with Crippen molar-refractivity contribution in [1.82, 2.24) is 15.1 Å². The van der Waals surface area contributed by atoms with E-state index < -0.39 is 11.4 Å². The third kappa shape index (κ3) is 3.70. The molecule has 25 heavy (non-hydrogen) atoms. The number of aromatic nitrogens is 2. The van der Waals surface area contributed by atoms with Crippen LogP contribution in [0.4, 0.5) is 0 Å². The molecule has 2 aromatic rings. The zero-order valence-corrected chi connectivity index (χ0v) is 14.7. The van der Waals surface area contributed by atoms with Crippen LogP contribution in [0.3, 0.4) is 0 Å². The minimum absolute atomic E-state index is 0.0161. The van der Waals surface area contributed by atoms with Crippen molar-refractivity contribution in [3.63, 3.8) is 0 Å². The van der Waals surface area contributed by atoms with E-state index in [9.17, 15) is 19.5 Å². The fraction of sp³-hybridized carbons (Fsp3) is 0.444. The van der Waals surface area contributed by atoms with E-state index in [1.165, 1.54) is 4.68 Å². The van der Waals surface area contributed by atoms with Crippen molar-refractivity contribution in [2.45, 2.75) is 33.1 Å². The number of fused-ring (bicyclic) bond motifs is 1. The maximum atomic E-state index is 12.3. The first-order chi connectivity index (χ1) is 11.8. The number of aryl methyl sites for hydroxylation is 1. The number of nitrogens with one attached hydrogen (secondary N) is 1. The fourth-order valence-electron chi connectivity index (χ4n) is 2.87. The Balaban J connectivity index is 2.22. The Bertz CT molecular complexity index is 853. The van der Waals surface area contributed by atoms with E-state index in [-0.39, 0.29) is 24.4 Å². The second-order valence-electron chi connectivity index (χ2n) is 6.17. The van der Waals surface area contributed by atoms with E-state index in [0.717, 1.165) is 0 Å². The quantitative estimate of drug-likeness (QED) is 0.791. The van der Waals surface area contributed by atoms with Gasteiger partial charge in [0.25, 0.3) is 5.56 Å². The Morgan fingerprint density at radius 3 is 2.36 bits per heavy atom. The summed E-state index contributed by atoms with van der Waals surface area (Å²) in [6.45, 7) is 3.66. The standard InChI is InChI=1S/C18H23N3O4/c1-4-18(5-2,17(24)25)11-19-15(22)10-14-12-8-6-7-9-13(12)16(23)21(3)20-14/h6-9H,4-5,10-11H2,1-3H3,(H,19,22)(H,24,25). The number of carbonyl (C=O) groups is 2. The second-order valence-corrected chi connectivity index (χ2v) is 6.17. The summed E-state index contributed by atoms with van der Waals surface area (Å²) < 4.78 is 1.21. The molecule has 134 valence electrons. The smallest absolute Gasteiger partial charge is 0.311 e. The summed E-state index contributed by atoms with van der Waals surface area (Å²) in [4.78, 5) is 35.9. The normalized spacial score (nSPS) is 11.5. The van der Waals surface area contributed by atoms with Crippen molar-refractivity contribution < 1.29 is 14.7 Å². The molecule has 0 aliphatic carbocycles. The monoisotopic (exact) mass is 345 g/mol. The van der Waals surface area contributed by atoms with Gasteiger partial charge in [-0.05, 0) is 18.9 Å². The van der Waals surface area contributed by atoms with Gasteiger partial charge >= 0.3 is 5.97 Å². The van der Waals surface area contributed by atoms with Gasteiger partial charge < -0.3 is 10.4 Å². The van der Waals surface area contributed by atoms with Crippen molar-refractivity contribution in [3.8, 4) is 0 Å². The lowest BCUT2D eigenvalue weighted by atomic mass is 9.82. The van der Waals surface area contributed by atoms with E-state index in [2.05, 4.69) is 10.4 Å². The molecule has 0 radical (unpaired) electrons. The molecule has 0 aliphatic heterocycles. The number of hydrogen-bond acceptors (Lipinski definition) is 4. The molecule has 0 saturated carbocycles. The highest BCUT2D eigenvalue weighted by atomic mass is 16.4. The predicted octanol–water partition coefficient (Wildman–Crippen LogP) is 1.48. The number of hydrogen-bond donors (Lipinski definition) is 2. The van der Waals surface area contributed by atoms with Gasteiger partial charge in [0.2, 0.25) is 5.91 Å². The molecular weight excluding hydrogens is 322 g/mol. The first-order valence-corrected chi connectivity index (χ1v) is 8.29. The number of carboxylic acids is 1. The van der Waals surface area contributed by atoms with Gasteiger partial charge in [-0.3, -0.25) is 14.4 Å². The van der Waals surface area contributed by atoms with Crippen molar-refractivity contribution in [2.75, 3.05) is 6.54 Å². The zero-order valence-electron chi connectivity index (χ0n) is 14.7. The molecule has 0 unspecified atom stereocenters. The lowest BCUT2D eigenvalue weighted by molar-refractivity contribution is -0.149. The minimum Gasteiger partial charge on any atom is -0.481 e. The molecule has 7 nitrogen and oxygen atoms in total. The van der Waals surface area contributed by atoms with Gasteiger partial charge in [0.15, 0.2) is 0 Å². The number of nitrogens with zero attached hydrogens (tertiary/aromatic N) is 2. The van der Waals surface area contributed by atoms with Gasteiger partial charge in [0, 0.05) is 19.0 Å². The Kier molecular flexibility index (Phi) is 5.56. The Hall–Kier alpha value is -2.70. The highest BCUT2D eigenvalue weighted by molar-refractivity contribution is 5.88. The molecule has 1 aromatic carbocycles. The molecular formula is C18H23N3O4.